The van der Waals surface area contributed by atoms with Gasteiger partial charge in [0.2, 0.25) is 0 Å². The normalized spacial score (nSPS) is 29.5. The van der Waals surface area contributed by atoms with E-state index in [2.05, 4.69) is 43.3 Å². The molecule has 0 saturated heterocycles. The topological polar surface area (TPSA) is 0 Å². The molecule has 3 heteroatoms. The number of alkyl halides is 1. The van der Waals surface area contributed by atoms with Crippen LogP contribution in [0.25, 0.3) is 0 Å². The van der Waals surface area contributed by atoms with Crippen molar-refractivity contribution in [1.82, 2.24) is 0 Å². The van der Waals surface area contributed by atoms with Gasteiger partial charge in [-0.15, -0.1) is 11.3 Å². The Balaban J connectivity index is 2.16. The van der Waals surface area contributed by atoms with Crippen molar-refractivity contribution in [3.8, 4) is 0 Å². The average molecular weight is 310 g/mol. The first-order valence-electron chi connectivity index (χ1n) is 4.14. The molecule has 1 aliphatic carbocycles. The van der Waals surface area contributed by atoms with Crippen molar-refractivity contribution < 1.29 is 0 Å². The number of hydrogen-bond donors (Lipinski definition) is 0. The first kappa shape index (κ1) is 9.22. The van der Waals surface area contributed by atoms with Crippen LogP contribution < -0.4 is 0 Å². The van der Waals surface area contributed by atoms with E-state index in [9.17, 15) is 0 Å². The molecule has 0 nitrogen and oxygen atoms in total. The highest BCUT2D eigenvalue weighted by atomic mass is 79.9. The van der Waals surface area contributed by atoms with Gasteiger partial charge < -0.3 is 0 Å². The summed E-state index contributed by atoms with van der Waals surface area (Å²) in [6.07, 6.45) is 3.98. The number of thiophene rings is 1. The Labute approximate surface area is 93.6 Å². The summed E-state index contributed by atoms with van der Waals surface area (Å²) in [5, 5.41) is 2.17. The summed E-state index contributed by atoms with van der Waals surface area (Å²) in [6.45, 7) is 0. The van der Waals surface area contributed by atoms with Crippen molar-refractivity contribution in [3.05, 3.63) is 20.8 Å². The van der Waals surface area contributed by atoms with Gasteiger partial charge in [-0.1, -0.05) is 15.9 Å². The highest BCUT2D eigenvalue weighted by Crippen LogP contribution is 2.42. The summed E-state index contributed by atoms with van der Waals surface area (Å²) in [5.74, 6) is 0.795. The predicted octanol–water partition coefficient (Wildman–Crippen LogP) is 4.54. The molecule has 0 aromatic carbocycles. The monoisotopic (exact) mass is 308 g/mol. The van der Waals surface area contributed by atoms with Gasteiger partial charge in [-0.05, 0) is 52.6 Å². The molecule has 0 radical (unpaired) electrons. The van der Waals surface area contributed by atoms with E-state index in [1.807, 2.05) is 11.3 Å². The zero-order chi connectivity index (χ0) is 8.55. The van der Waals surface area contributed by atoms with Gasteiger partial charge in [-0.3, -0.25) is 0 Å². The SMILES string of the molecule is Brc1ccsc1C1CCC(Br)C1. The number of halogens is 2. The van der Waals surface area contributed by atoms with Crippen molar-refractivity contribution in [1.29, 1.82) is 0 Å². The van der Waals surface area contributed by atoms with Gasteiger partial charge >= 0.3 is 0 Å². The van der Waals surface area contributed by atoms with Gasteiger partial charge in [0.1, 0.15) is 0 Å². The third-order valence-electron chi connectivity index (χ3n) is 2.38. The zero-order valence-corrected chi connectivity index (χ0v) is 10.6. The van der Waals surface area contributed by atoms with E-state index in [4.69, 9.17) is 0 Å². The summed E-state index contributed by atoms with van der Waals surface area (Å²) >= 11 is 9.15. The Morgan fingerprint density at radius 2 is 2.25 bits per heavy atom. The van der Waals surface area contributed by atoms with Crippen LogP contribution >= 0.6 is 43.2 Å². The molecule has 0 amide bonds. The predicted molar refractivity (Wildman–Crippen MR) is 61.3 cm³/mol. The summed E-state index contributed by atoms with van der Waals surface area (Å²) in [6, 6.07) is 2.15. The highest BCUT2D eigenvalue weighted by molar-refractivity contribution is 9.10. The van der Waals surface area contributed by atoms with Crippen LogP contribution in [-0.2, 0) is 0 Å². The fraction of sp³-hybridized carbons (Fsp3) is 0.556. The van der Waals surface area contributed by atoms with Crippen LogP contribution in [0.2, 0.25) is 0 Å². The molecule has 0 bridgehead atoms. The van der Waals surface area contributed by atoms with E-state index < -0.39 is 0 Å². The van der Waals surface area contributed by atoms with Crippen LogP contribution in [0.5, 0.6) is 0 Å². The van der Waals surface area contributed by atoms with Crippen molar-refractivity contribution in [2.24, 2.45) is 0 Å². The molecule has 1 aromatic heterocycles. The van der Waals surface area contributed by atoms with Crippen LogP contribution in [0.15, 0.2) is 15.9 Å². The third kappa shape index (κ3) is 1.78. The van der Waals surface area contributed by atoms with E-state index >= 15 is 0 Å². The van der Waals surface area contributed by atoms with Gasteiger partial charge in [-0.25, -0.2) is 0 Å². The van der Waals surface area contributed by atoms with Gasteiger partial charge in [0, 0.05) is 14.2 Å². The van der Waals surface area contributed by atoms with E-state index in [1.54, 1.807) is 0 Å². The molecule has 0 spiro atoms. The number of rotatable bonds is 1. The minimum absolute atomic E-state index is 0.747. The minimum Gasteiger partial charge on any atom is -0.147 e. The van der Waals surface area contributed by atoms with Crippen LogP contribution in [0.1, 0.15) is 30.1 Å². The van der Waals surface area contributed by atoms with Gasteiger partial charge in [-0.2, -0.15) is 0 Å². The van der Waals surface area contributed by atoms with E-state index in [-0.39, 0.29) is 0 Å². The summed E-state index contributed by atoms with van der Waals surface area (Å²) in [7, 11) is 0. The molecule has 1 fully saturated rings. The van der Waals surface area contributed by atoms with Gasteiger partial charge in [0.05, 0.1) is 0 Å². The smallest absolute Gasteiger partial charge is 0.0317 e. The second kappa shape index (κ2) is 3.81. The minimum atomic E-state index is 0.747. The van der Waals surface area contributed by atoms with Crippen LogP contribution in [-0.4, -0.2) is 4.83 Å². The van der Waals surface area contributed by atoms with Crippen molar-refractivity contribution >= 4 is 43.2 Å². The number of hydrogen-bond acceptors (Lipinski definition) is 1. The molecular formula is C9H10Br2S. The van der Waals surface area contributed by atoms with Crippen LogP contribution in [0, 0.1) is 0 Å². The van der Waals surface area contributed by atoms with Gasteiger partial charge in [0.25, 0.3) is 0 Å². The molecule has 2 rings (SSSR count). The fourth-order valence-corrected chi connectivity index (χ4v) is 4.33. The van der Waals surface area contributed by atoms with Crippen LogP contribution in [0.4, 0.5) is 0 Å². The standard InChI is InChI=1S/C9H10Br2S/c10-7-2-1-6(5-7)9-8(11)3-4-12-9/h3-4,6-7H,1-2,5H2. The molecule has 0 aliphatic heterocycles. The molecule has 12 heavy (non-hydrogen) atoms. The maximum absolute atomic E-state index is 3.68. The molecule has 2 unspecified atom stereocenters. The van der Waals surface area contributed by atoms with Gasteiger partial charge in [0.15, 0.2) is 0 Å². The van der Waals surface area contributed by atoms with E-state index in [0.717, 1.165) is 10.7 Å². The molecule has 0 N–H and O–H groups in total. The largest absolute Gasteiger partial charge is 0.147 e. The van der Waals surface area contributed by atoms with Crippen molar-refractivity contribution in [2.75, 3.05) is 0 Å². The first-order chi connectivity index (χ1) is 5.77. The lowest BCUT2D eigenvalue weighted by molar-refractivity contribution is 0.737. The molecule has 1 aliphatic rings. The second-order valence-electron chi connectivity index (χ2n) is 3.24. The van der Waals surface area contributed by atoms with E-state index in [1.165, 1.54) is 28.6 Å². The molecule has 66 valence electrons. The second-order valence-corrected chi connectivity index (χ2v) is 6.34. The Morgan fingerprint density at radius 3 is 2.75 bits per heavy atom. The zero-order valence-electron chi connectivity index (χ0n) is 6.59. The molecular weight excluding hydrogens is 300 g/mol. The summed E-state index contributed by atoms with van der Waals surface area (Å²) in [4.78, 5) is 2.29. The molecule has 1 saturated carbocycles. The molecule has 1 heterocycles. The lowest BCUT2D eigenvalue weighted by Gasteiger charge is -2.06. The quantitative estimate of drug-likeness (QED) is 0.668. The Morgan fingerprint density at radius 1 is 1.42 bits per heavy atom. The Hall–Kier alpha value is 0.660. The highest BCUT2D eigenvalue weighted by Gasteiger charge is 2.25. The molecule has 2 atom stereocenters. The maximum atomic E-state index is 3.68. The first-order valence-corrected chi connectivity index (χ1v) is 6.73. The third-order valence-corrected chi connectivity index (χ3v) is 5.25. The summed E-state index contributed by atoms with van der Waals surface area (Å²) in [5.41, 5.74) is 0. The van der Waals surface area contributed by atoms with E-state index in [0.29, 0.717) is 0 Å². The molecule has 1 aromatic rings. The summed E-state index contributed by atoms with van der Waals surface area (Å²) < 4.78 is 1.30. The average Bonchev–Trinajstić information content (AvgIpc) is 2.58. The van der Waals surface area contributed by atoms with Crippen molar-refractivity contribution in [3.63, 3.8) is 0 Å². The lowest BCUT2D eigenvalue weighted by Crippen LogP contribution is -1.91. The Kier molecular flexibility index (Phi) is 2.93. The maximum Gasteiger partial charge on any atom is 0.0317 e. The fourth-order valence-electron chi connectivity index (χ4n) is 1.76. The van der Waals surface area contributed by atoms with Crippen molar-refractivity contribution in [2.45, 2.75) is 30.0 Å². The lowest BCUT2D eigenvalue weighted by atomic mass is 10.1. The van der Waals surface area contributed by atoms with Crippen LogP contribution in [0.3, 0.4) is 0 Å². The Bertz CT molecular complexity index is 269.